The highest BCUT2D eigenvalue weighted by Crippen LogP contribution is 2.33. The zero-order valence-electron chi connectivity index (χ0n) is 16.9. The van der Waals surface area contributed by atoms with Crippen LogP contribution in [0.15, 0.2) is 59.3 Å². The Balaban J connectivity index is 1.41. The molecular weight excluding hydrogens is 400 g/mol. The van der Waals surface area contributed by atoms with Crippen molar-refractivity contribution in [2.24, 2.45) is 0 Å². The molecule has 0 unspecified atom stereocenters. The van der Waals surface area contributed by atoms with Crippen LogP contribution >= 0.6 is 0 Å². The summed E-state index contributed by atoms with van der Waals surface area (Å²) in [6.45, 7) is 0. The molecule has 0 radical (unpaired) electrons. The Morgan fingerprint density at radius 2 is 1.90 bits per heavy atom. The lowest BCUT2D eigenvalue weighted by atomic mass is 10.1. The first-order valence-corrected chi connectivity index (χ1v) is 9.42. The van der Waals surface area contributed by atoms with Crippen LogP contribution in [0.2, 0.25) is 0 Å². The first-order valence-electron chi connectivity index (χ1n) is 9.42. The van der Waals surface area contributed by atoms with E-state index in [2.05, 4.69) is 21.0 Å². The summed E-state index contributed by atoms with van der Waals surface area (Å²) in [6.07, 6.45) is 1.88. The van der Waals surface area contributed by atoms with Crippen LogP contribution in [0, 0.1) is 0 Å². The molecule has 158 valence electrons. The van der Waals surface area contributed by atoms with Gasteiger partial charge in [-0.05, 0) is 29.8 Å². The number of nitrogens with one attached hydrogen (secondary N) is 3. The molecule has 2 aromatic heterocycles. The molecule has 3 N–H and O–H groups in total. The summed E-state index contributed by atoms with van der Waals surface area (Å²) in [4.78, 5) is 27.7. The normalized spacial score (nSPS) is 10.6. The predicted molar refractivity (Wildman–Crippen MR) is 113 cm³/mol. The van der Waals surface area contributed by atoms with Crippen molar-refractivity contribution in [3.05, 3.63) is 66.0 Å². The monoisotopic (exact) mass is 420 g/mol. The maximum atomic E-state index is 12.4. The number of hydrogen-bond donors (Lipinski definition) is 3. The van der Waals surface area contributed by atoms with Crippen molar-refractivity contribution in [1.29, 1.82) is 0 Å². The van der Waals surface area contributed by atoms with Crippen LogP contribution in [0.25, 0.3) is 22.2 Å². The number of amides is 2. The molecule has 2 aromatic carbocycles. The highest BCUT2D eigenvalue weighted by atomic mass is 16.5. The van der Waals surface area contributed by atoms with Gasteiger partial charge >= 0.3 is 0 Å². The highest BCUT2D eigenvalue weighted by molar-refractivity contribution is 5.95. The van der Waals surface area contributed by atoms with Crippen molar-refractivity contribution in [3.8, 4) is 22.8 Å². The van der Waals surface area contributed by atoms with Crippen LogP contribution in [0.4, 0.5) is 0 Å². The van der Waals surface area contributed by atoms with Crippen molar-refractivity contribution < 1.29 is 23.6 Å². The minimum absolute atomic E-state index is 0.00673. The number of H-pyrrole nitrogens is 1. The van der Waals surface area contributed by atoms with E-state index in [-0.39, 0.29) is 18.0 Å². The van der Waals surface area contributed by atoms with Gasteiger partial charge in [0.1, 0.15) is 11.5 Å². The molecule has 0 spiro atoms. The van der Waals surface area contributed by atoms with Crippen LogP contribution in [0.1, 0.15) is 16.1 Å². The topological polar surface area (TPSA) is 118 Å². The largest absolute Gasteiger partial charge is 0.497 e. The number of nitrogens with zero attached hydrogens (tertiary/aromatic N) is 1. The third-order valence-corrected chi connectivity index (χ3v) is 4.76. The van der Waals surface area contributed by atoms with Gasteiger partial charge in [-0.2, -0.15) is 0 Å². The fourth-order valence-corrected chi connectivity index (χ4v) is 3.20. The quantitative estimate of drug-likeness (QED) is 0.413. The van der Waals surface area contributed by atoms with Gasteiger partial charge in [0.2, 0.25) is 5.91 Å². The summed E-state index contributed by atoms with van der Waals surface area (Å²) >= 11 is 0. The number of aromatic amines is 1. The summed E-state index contributed by atoms with van der Waals surface area (Å²) in [7, 11) is 3.07. The van der Waals surface area contributed by atoms with Crippen LogP contribution in [-0.4, -0.2) is 36.2 Å². The molecule has 4 aromatic rings. The Labute approximate surface area is 177 Å². The van der Waals surface area contributed by atoms with Gasteiger partial charge in [0.25, 0.3) is 5.91 Å². The fraction of sp³-hybridized carbons (Fsp3) is 0.136. The van der Waals surface area contributed by atoms with E-state index >= 15 is 0 Å². The minimum Gasteiger partial charge on any atom is -0.497 e. The molecule has 0 aliphatic rings. The number of fused-ring (bicyclic) bond motifs is 1. The van der Waals surface area contributed by atoms with Crippen LogP contribution in [0.3, 0.4) is 0 Å². The number of carbonyl (C=O) groups is 2. The zero-order valence-corrected chi connectivity index (χ0v) is 16.9. The van der Waals surface area contributed by atoms with Gasteiger partial charge in [-0.1, -0.05) is 23.4 Å². The van der Waals surface area contributed by atoms with Crippen molar-refractivity contribution in [2.75, 3.05) is 14.2 Å². The van der Waals surface area contributed by atoms with E-state index in [1.807, 2.05) is 24.3 Å². The number of benzene rings is 2. The molecule has 0 fully saturated rings. The Hall–Kier alpha value is -4.27. The van der Waals surface area contributed by atoms with E-state index in [4.69, 9.17) is 14.0 Å². The van der Waals surface area contributed by atoms with Gasteiger partial charge < -0.3 is 19.0 Å². The molecule has 9 nitrogen and oxygen atoms in total. The van der Waals surface area contributed by atoms with Gasteiger partial charge in [0.05, 0.1) is 26.2 Å². The number of ether oxygens (including phenoxy) is 2. The second kappa shape index (κ2) is 8.62. The molecule has 4 rings (SSSR count). The average Bonchev–Trinajstić information content (AvgIpc) is 3.45. The first kappa shape index (κ1) is 20.0. The van der Waals surface area contributed by atoms with Gasteiger partial charge in [-0.3, -0.25) is 20.4 Å². The highest BCUT2D eigenvalue weighted by Gasteiger charge is 2.18. The molecule has 0 bridgehead atoms. The second-order valence-corrected chi connectivity index (χ2v) is 6.68. The Morgan fingerprint density at radius 3 is 2.71 bits per heavy atom. The molecule has 0 saturated carbocycles. The molecule has 0 atom stereocenters. The number of methoxy groups -OCH3 is 2. The zero-order chi connectivity index (χ0) is 21.8. The smallest absolute Gasteiger partial charge is 0.291 e. The number of carbonyl (C=O) groups excluding carboxylic acids is 2. The third-order valence-electron chi connectivity index (χ3n) is 4.76. The maximum absolute atomic E-state index is 12.4. The molecule has 0 aliphatic heterocycles. The minimum atomic E-state index is -0.607. The molecule has 9 heteroatoms. The number of aromatic nitrogens is 2. The molecule has 31 heavy (non-hydrogen) atoms. The van der Waals surface area contributed by atoms with E-state index in [0.29, 0.717) is 22.8 Å². The van der Waals surface area contributed by atoms with Crippen molar-refractivity contribution in [3.63, 3.8) is 0 Å². The van der Waals surface area contributed by atoms with Gasteiger partial charge in [0, 0.05) is 23.2 Å². The molecule has 0 aliphatic carbocycles. The number of rotatable bonds is 6. The lowest BCUT2D eigenvalue weighted by Gasteiger charge is -2.07. The standard InChI is InChI=1S/C22H20N4O5/c1-29-14-7-8-19(30-2)16(10-14)20-11-18(26-31-20)22(28)25-24-21(27)9-13-12-23-17-6-4-3-5-15(13)17/h3-8,10-12,23H,9H2,1-2H3,(H,24,27)(H,25,28). The lowest BCUT2D eigenvalue weighted by molar-refractivity contribution is -0.121. The number of hydrogen-bond acceptors (Lipinski definition) is 6. The number of para-hydroxylation sites is 1. The summed E-state index contributed by atoms with van der Waals surface area (Å²) in [5.74, 6) is 0.491. The van der Waals surface area contributed by atoms with Crippen molar-refractivity contribution >= 4 is 22.7 Å². The average molecular weight is 420 g/mol. The lowest BCUT2D eigenvalue weighted by Crippen LogP contribution is -2.42. The third kappa shape index (κ3) is 4.20. The Bertz CT molecular complexity index is 1240. The Kier molecular flexibility index (Phi) is 5.57. The Morgan fingerprint density at radius 1 is 1.06 bits per heavy atom. The van der Waals surface area contributed by atoms with Crippen molar-refractivity contribution in [2.45, 2.75) is 6.42 Å². The summed E-state index contributed by atoms with van der Waals surface area (Å²) in [5, 5.41) is 4.73. The SMILES string of the molecule is COc1ccc(OC)c(-c2cc(C(=O)NNC(=O)Cc3c[nH]c4ccccc34)no2)c1. The van der Waals surface area contributed by atoms with E-state index in [1.54, 1.807) is 31.5 Å². The van der Waals surface area contributed by atoms with Crippen LogP contribution in [0.5, 0.6) is 11.5 Å². The van der Waals surface area contributed by atoms with E-state index in [9.17, 15) is 9.59 Å². The molecular formula is C22H20N4O5. The van der Waals surface area contributed by atoms with Crippen molar-refractivity contribution in [1.82, 2.24) is 21.0 Å². The predicted octanol–water partition coefficient (Wildman–Crippen LogP) is 2.84. The molecule has 0 saturated heterocycles. The summed E-state index contributed by atoms with van der Waals surface area (Å²) < 4.78 is 15.8. The van der Waals surface area contributed by atoms with Crippen LogP contribution in [-0.2, 0) is 11.2 Å². The maximum Gasteiger partial charge on any atom is 0.291 e. The fourth-order valence-electron chi connectivity index (χ4n) is 3.20. The van der Waals surface area contributed by atoms with Crippen LogP contribution < -0.4 is 20.3 Å². The molecule has 2 amide bonds. The first-order chi connectivity index (χ1) is 15.1. The second-order valence-electron chi connectivity index (χ2n) is 6.68. The summed E-state index contributed by atoms with van der Waals surface area (Å²) in [5.41, 5.74) is 7.10. The summed E-state index contributed by atoms with van der Waals surface area (Å²) in [6, 6.07) is 14.3. The van der Waals surface area contributed by atoms with E-state index in [0.717, 1.165) is 16.5 Å². The molecule has 2 heterocycles. The van der Waals surface area contributed by atoms with Gasteiger partial charge in [0.15, 0.2) is 11.5 Å². The van der Waals surface area contributed by atoms with E-state index < -0.39 is 5.91 Å². The van der Waals surface area contributed by atoms with Gasteiger partial charge in [-0.25, -0.2) is 0 Å². The van der Waals surface area contributed by atoms with E-state index in [1.165, 1.54) is 13.2 Å². The number of hydrazine groups is 1. The van der Waals surface area contributed by atoms with Gasteiger partial charge in [-0.15, -0.1) is 0 Å².